The largest absolute Gasteiger partial charge is 0.493 e. The number of carbonyl (C=O) groups excluding carboxylic acids is 1. The minimum absolute atomic E-state index is 0.0389. The Balaban J connectivity index is 1.44. The van der Waals surface area contributed by atoms with Gasteiger partial charge >= 0.3 is 0 Å². The third-order valence-electron chi connectivity index (χ3n) is 5.37. The number of pyridine rings is 1. The van der Waals surface area contributed by atoms with Crippen LogP contribution in [0.4, 0.5) is 0 Å². The van der Waals surface area contributed by atoms with Crippen molar-refractivity contribution >= 4 is 5.91 Å². The lowest BCUT2D eigenvalue weighted by atomic mass is 9.74. The number of aliphatic hydroxyl groups is 1. The zero-order chi connectivity index (χ0) is 17.9. The quantitative estimate of drug-likeness (QED) is 0.838. The van der Waals surface area contributed by atoms with E-state index in [9.17, 15) is 9.90 Å². The molecule has 1 amide bonds. The van der Waals surface area contributed by atoms with Gasteiger partial charge in [-0.1, -0.05) is 12.1 Å². The van der Waals surface area contributed by atoms with Crippen LogP contribution in [0.5, 0.6) is 5.75 Å². The molecule has 2 aromatic rings. The summed E-state index contributed by atoms with van der Waals surface area (Å²) < 4.78 is 5.59. The second-order valence-electron chi connectivity index (χ2n) is 7.26. The number of hydrogen-bond donors (Lipinski definition) is 2. The molecule has 1 aliphatic heterocycles. The van der Waals surface area contributed by atoms with Crippen LogP contribution in [-0.4, -0.2) is 28.7 Å². The first-order valence-corrected chi connectivity index (χ1v) is 9.31. The van der Waals surface area contributed by atoms with Gasteiger partial charge in [-0.05, 0) is 60.1 Å². The number of nitrogens with one attached hydrogen (secondary N) is 1. The van der Waals surface area contributed by atoms with Crippen molar-refractivity contribution in [2.24, 2.45) is 5.92 Å². The Hall–Kier alpha value is -2.40. The summed E-state index contributed by atoms with van der Waals surface area (Å²) in [7, 11) is 0. The highest BCUT2D eigenvalue weighted by molar-refractivity contribution is 5.76. The van der Waals surface area contributed by atoms with Gasteiger partial charge in [-0.25, -0.2) is 0 Å². The van der Waals surface area contributed by atoms with Gasteiger partial charge in [0.25, 0.3) is 0 Å². The summed E-state index contributed by atoms with van der Waals surface area (Å²) in [4.78, 5) is 16.6. The van der Waals surface area contributed by atoms with Crippen LogP contribution in [0.2, 0.25) is 0 Å². The molecule has 1 aromatic carbocycles. The third kappa shape index (κ3) is 3.73. The predicted octanol–water partition coefficient (Wildman–Crippen LogP) is 2.58. The van der Waals surface area contributed by atoms with Crippen LogP contribution < -0.4 is 10.1 Å². The minimum Gasteiger partial charge on any atom is -0.493 e. The molecule has 2 heterocycles. The van der Waals surface area contributed by atoms with Crippen LogP contribution in [-0.2, 0) is 17.6 Å². The predicted molar refractivity (Wildman–Crippen MR) is 97.8 cm³/mol. The number of aromatic nitrogens is 1. The number of aryl methyl sites for hydroxylation is 1. The second-order valence-corrected chi connectivity index (χ2v) is 7.26. The molecular weight excluding hydrogens is 328 g/mol. The molecule has 1 fully saturated rings. The van der Waals surface area contributed by atoms with Gasteiger partial charge in [0.2, 0.25) is 5.91 Å². The average molecular weight is 352 g/mol. The SMILES string of the molecule is O=C(CCc1cccnc1)NC(c1ccc2c(c1)CCO2)C1CC(O)C1. The van der Waals surface area contributed by atoms with E-state index in [-0.39, 0.29) is 24.0 Å². The maximum absolute atomic E-state index is 12.5. The third-order valence-corrected chi connectivity index (χ3v) is 5.37. The first-order valence-electron chi connectivity index (χ1n) is 9.31. The van der Waals surface area contributed by atoms with Crippen molar-refractivity contribution in [3.05, 3.63) is 59.4 Å². The molecule has 0 radical (unpaired) electrons. The maximum atomic E-state index is 12.5. The Morgan fingerprint density at radius 3 is 3.00 bits per heavy atom. The molecule has 5 heteroatoms. The summed E-state index contributed by atoms with van der Waals surface area (Å²) in [6.07, 6.45) is 6.79. The number of fused-ring (bicyclic) bond motifs is 1. The van der Waals surface area contributed by atoms with E-state index in [0.717, 1.165) is 42.7 Å². The molecule has 5 nitrogen and oxygen atoms in total. The number of ether oxygens (including phenoxy) is 1. The number of aliphatic hydroxyl groups excluding tert-OH is 1. The normalized spacial score (nSPS) is 22.0. The van der Waals surface area contributed by atoms with Gasteiger partial charge in [0, 0.05) is 25.2 Å². The van der Waals surface area contributed by atoms with Gasteiger partial charge in [0.15, 0.2) is 0 Å². The molecule has 0 saturated heterocycles. The van der Waals surface area contributed by atoms with Crippen LogP contribution >= 0.6 is 0 Å². The lowest BCUT2D eigenvalue weighted by molar-refractivity contribution is -0.123. The fraction of sp³-hybridized carbons (Fsp3) is 0.429. The topological polar surface area (TPSA) is 71.5 Å². The monoisotopic (exact) mass is 352 g/mol. The van der Waals surface area contributed by atoms with Crippen LogP contribution in [0, 0.1) is 5.92 Å². The highest BCUT2D eigenvalue weighted by atomic mass is 16.5. The van der Waals surface area contributed by atoms with Crippen molar-refractivity contribution in [1.29, 1.82) is 0 Å². The smallest absolute Gasteiger partial charge is 0.220 e. The Morgan fingerprint density at radius 2 is 2.23 bits per heavy atom. The standard InChI is InChI=1S/C21H24N2O3/c24-18-11-17(12-18)21(16-4-5-19-15(10-16)7-9-26-19)23-20(25)6-3-14-2-1-8-22-13-14/h1-2,4-5,8,10,13,17-18,21,24H,3,6-7,9,11-12H2,(H,23,25). The fourth-order valence-electron chi connectivity index (χ4n) is 3.82. The van der Waals surface area contributed by atoms with Gasteiger partial charge in [-0.15, -0.1) is 0 Å². The van der Waals surface area contributed by atoms with Gasteiger partial charge in [-0.3, -0.25) is 9.78 Å². The maximum Gasteiger partial charge on any atom is 0.220 e. The summed E-state index contributed by atoms with van der Waals surface area (Å²) in [5.74, 6) is 1.27. The molecule has 4 rings (SSSR count). The van der Waals surface area contributed by atoms with Crippen molar-refractivity contribution in [2.45, 2.75) is 44.2 Å². The molecule has 1 aliphatic carbocycles. The number of hydrogen-bond acceptors (Lipinski definition) is 4. The Kier molecular flexibility index (Phi) is 4.89. The molecule has 1 unspecified atom stereocenters. The lowest BCUT2D eigenvalue weighted by Gasteiger charge is -2.38. The summed E-state index contributed by atoms with van der Waals surface area (Å²) in [5, 5.41) is 12.9. The van der Waals surface area contributed by atoms with E-state index >= 15 is 0 Å². The molecule has 1 saturated carbocycles. The fourth-order valence-corrected chi connectivity index (χ4v) is 3.82. The number of carbonyl (C=O) groups is 1. The van der Waals surface area contributed by atoms with Crippen LogP contribution in [0.3, 0.4) is 0 Å². The zero-order valence-electron chi connectivity index (χ0n) is 14.7. The number of benzene rings is 1. The molecule has 1 aromatic heterocycles. The number of amides is 1. The molecule has 2 aliphatic rings. The summed E-state index contributed by atoms with van der Waals surface area (Å²) in [5.41, 5.74) is 3.38. The molecule has 0 spiro atoms. The van der Waals surface area contributed by atoms with Crippen molar-refractivity contribution in [2.75, 3.05) is 6.61 Å². The highest BCUT2D eigenvalue weighted by Crippen LogP contribution is 2.39. The van der Waals surface area contributed by atoms with E-state index in [1.807, 2.05) is 24.3 Å². The van der Waals surface area contributed by atoms with E-state index in [0.29, 0.717) is 12.8 Å². The molecule has 136 valence electrons. The van der Waals surface area contributed by atoms with E-state index in [1.54, 1.807) is 12.4 Å². The van der Waals surface area contributed by atoms with Crippen molar-refractivity contribution < 1.29 is 14.6 Å². The van der Waals surface area contributed by atoms with E-state index in [1.165, 1.54) is 5.56 Å². The molecule has 1 atom stereocenters. The molecule has 2 N–H and O–H groups in total. The second kappa shape index (κ2) is 7.46. The van der Waals surface area contributed by atoms with Gasteiger partial charge in [-0.2, -0.15) is 0 Å². The minimum atomic E-state index is -0.243. The highest BCUT2D eigenvalue weighted by Gasteiger charge is 2.36. The van der Waals surface area contributed by atoms with Crippen molar-refractivity contribution in [1.82, 2.24) is 10.3 Å². The van der Waals surface area contributed by atoms with Gasteiger partial charge in [0.05, 0.1) is 18.8 Å². The first kappa shape index (κ1) is 17.0. The van der Waals surface area contributed by atoms with Gasteiger partial charge < -0.3 is 15.2 Å². The van der Waals surface area contributed by atoms with Crippen molar-refractivity contribution in [3.63, 3.8) is 0 Å². The molecular formula is C21H24N2O3. The van der Waals surface area contributed by atoms with E-state index < -0.39 is 0 Å². The zero-order valence-corrected chi connectivity index (χ0v) is 14.7. The first-order chi connectivity index (χ1) is 12.7. The average Bonchev–Trinajstić information content (AvgIpc) is 3.11. The molecule has 0 bridgehead atoms. The summed E-state index contributed by atoms with van der Waals surface area (Å²) >= 11 is 0. The Bertz CT molecular complexity index is 772. The van der Waals surface area contributed by atoms with Crippen LogP contribution in [0.1, 0.15) is 42.0 Å². The van der Waals surface area contributed by atoms with Crippen LogP contribution in [0.15, 0.2) is 42.7 Å². The summed E-state index contributed by atoms with van der Waals surface area (Å²) in [6.45, 7) is 0.725. The van der Waals surface area contributed by atoms with Crippen LogP contribution in [0.25, 0.3) is 0 Å². The summed E-state index contributed by atoms with van der Waals surface area (Å²) in [6, 6.07) is 10.0. The lowest BCUT2D eigenvalue weighted by Crippen LogP contribution is -2.41. The number of nitrogens with zero attached hydrogens (tertiary/aromatic N) is 1. The Morgan fingerprint density at radius 1 is 1.35 bits per heavy atom. The molecule has 26 heavy (non-hydrogen) atoms. The van der Waals surface area contributed by atoms with E-state index in [4.69, 9.17) is 4.74 Å². The van der Waals surface area contributed by atoms with E-state index in [2.05, 4.69) is 16.4 Å². The Labute approximate surface area is 153 Å². The van der Waals surface area contributed by atoms with Crippen molar-refractivity contribution in [3.8, 4) is 5.75 Å². The van der Waals surface area contributed by atoms with Gasteiger partial charge in [0.1, 0.15) is 5.75 Å². The number of rotatable bonds is 6.